The molecule has 2 N–H and O–H groups in total. The molecule has 3 heteroatoms. The molecule has 1 atom stereocenters. The van der Waals surface area contributed by atoms with Gasteiger partial charge in [0, 0.05) is 16.8 Å². The number of rotatable bonds is 3. The fourth-order valence-electron chi connectivity index (χ4n) is 2.92. The Morgan fingerprint density at radius 2 is 1.75 bits per heavy atom. The minimum absolute atomic E-state index is 0.506. The van der Waals surface area contributed by atoms with Crippen molar-refractivity contribution in [3.8, 4) is 0 Å². The van der Waals surface area contributed by atoms with Crippen molar-refractivity contribution in [2.24, 2.45) is 4.99 Å². The third-order valence-corrected chi connectivity index (χ3v) is 3.94. The average Bonchev–Trinajstić information content (AvgIpc) is 2.54. The van der Waals surface area contributed by atoms with Gasteiger partial charge in [-0.15, -0.1) is 0 Å². The first kappa shape index (κ1) is 12.9. The Labute approximate surface area is 119 Å². The summed E-state index contributed by atoms with van der Waals surface area (Å²) in [7, 11) is 1.96. The standard InChI is InChI=1S/C17H19N3/c1-3-13-8-4-5-9-14(13)17(18-2)15-10-6-7-11-16(15)19-12-20-17/h4-12,18H,3H2,1-2H3,(H,19,20). The number of fused-ring (bicyclic) bond motifs is 1. The van der Waals surface area contributed by atoms with E-state index in [1.165, 1.54) is 11.1 Å². The van der Waals surface area contributed by atoms with E-state index in [0.717, 1.165) is 17.7 Å². The maximum atomic E-state index is 4.75. The highest BCUT2D eigenvalue weighted by Gasteiger charge is 2.36. The van der Waals surface area contributed by atoms with Crippen LogP contribution in [0.15, 0.2) is 53.5 Å². The van der Waals surface area contributed by atoms with Gasteiger partial charge in [-0.25, -0.2) is 4.99 Å². The molecule has 3 nitrogen and oxygen atoms in total. The number of aliphatic imine (C=N–C) groups is 1. The van der Waals surface area contributed by atoms with E-state index in [0.29, 0.717) is 0 Å². The predicted octanol–water partition coefficient (Wildman–Crippen LogP) is 3.12. The number of anilines is 1. The smallest absolute Gasteiger partial charge is 0.166 e. The van der Waals surface area contributed by atoms with E-state index in [1.54, 1.807) is 6.34 Å². The second-order valence-corrected chi connectivity index (χ2v) is 4.92. The Balaban J connectivity index is 2.26. The highest BCUT2D eigenvalue weighted by molar-refractivity contribution is 5.82. The second-order valence-electron chi connectivity index (χ2n) is 4.92. The van der Waals surface area contributed by atoms with Gasteiger partial charge in [0.1, 0.15) is 0 Å². The largest absolute Gasteiger partial charge is 0.346 e. The lowest BCUT2D eigenvalue weighted by atomic mass is 9.86. The molecule has 0 aromatic heterocycles. The Morgan fingerprint density at radius 3 is 2.50 bits per heavy atom. The zero-order valence-electron chi connectivity index (χ0n) is 11.9. The SMILES string of the molecule is CCc1ccccc1C1(NC)N=CNc2ccccc21. The van der Waals surface area contributed by atoms with Gasteiger partial charge in [-0.3, -0.25) is 5.32 Å². The first-order valence-corrected chi connectivity index (χ1v) is 6.99. The van der Waals surface area contributed by atoms with Crippen molar-refractivity contribution in [2.75, 3.05) is 12.4 Å². The predicted molar refractivity (Wildman–Crippen MR) is 84.2 cm³/mol. The summed E-state index contributed by atoms with van der Waals surface area (Å²) in [6.07, 6.45) is 2.77. The van der Waals surface area contributed by atoms with Crippen LogP contribution in [0.1, 0.15) is 23.6 Å². The van der Waals surface area contributed by atoms with Gasteiger partial charge in [-0.2, -0.15) is 0 Å². The van der Waals surface area contributed by atoms with Crippen LogP contribution in [0.25, 0.3) is 0 Å². The summed E-state index contributed by atoms with van der Waals surface area (Å²) >= 11 is 0. The molecule has 0 fully saturated rings. The molecular weight excluding hydrogens is 246 g/mol. The summed E-state index contributed by atoms with van der Waals surface area (Å²) in [4.78, 5) is 4.75. The lowest BCUT2D eigenvalue weighted by Gasteiger charge is -2.36. The van der Waals surface area contributed by atoms with Crippen LogP contribution >= 0.6 is 0 Å². The van der Waals surface area contributed by atoms with Crippen LogP contribution < -0.4 is 10.6 Å². The van der Waals surface area contributed by atoms with Crippen LogP contribution in [0.5, 0.6) is 0 Å². The van der Waals surface area contributed by atoms with Crippen LogP contribution in [0, 0.1) is 0 Å². The summed E-state index contributed by atoms with van der Waals surface area (Å²) in [5.74, 6) is 0. The van der Waals surface area contributed by atoms with Crippen LogP contribution in [0.4, 0.5) is 5.69 Å². The van der Waals surface area contributed by atoms with Crippen molar-refractivity contribution in [3.63, 3.8) is 0 Å². The number of nitrogens with zero attached hydrogens (tertiary/aromatic N) is 1. The van der Waals surface area contributed by atoms with Crippen LogP contribution in [-0.4, -0.2) is 13.4 Å². The van der Waals surface area contributed by atoms with E-state index in [9.17, 15) is 0 Å². The van der Waals surface area contributed by atoms with Gasteiger partial charge in [-0.1, -0.05) is 49.4 Å². The third kappa shape index (κ3) is 1.82. The summed E-state index contributed by atoms with van der Waals surface area (Å²) in [5.41, 5.74) is 4.29. The first-order valence-electron chi connectivity index (χ1n) is 6.99. The van der Waals surface area contributed by atoms with Gasteiger partial charge < -0.3 is 5.32 Å². The van der Waals surface area contributed by atoms with Gasteiger partial charge >= 0.3 is 0 Å². The van der Waals surface area contributed by atoms with E-state index < -0.39 is 5.66 Å². The third-order valence-electron chi connectivity index (χ3n) is 3.94. The maximum Gasteiger partial charge on any atom is 0.166 e. The zero-order chi connectivity index (χ0) is 14.0. The summed E-state index contributed by atoms with van der Waals surface area (Å²) < 4.78 is 0. The Hall–Kier alpha value is -2.13. The van der Waals surface area contributed by atoms with E-state index in [4.69, 9.17) is 4.99 Å². The number of aryl methyl sites for hydroxylation is 1. The van der Waals surface area contributed by atoms with Crippen LogP contribution in [0.2, 0.25) is 0 Å². The molecule has 2 aromatic rings. The van der Waals surface area contributed by atoms with Crippen molar-refractivity contribution in [1.82, 2.24) is 5.32 Å². The molecule has 0 saturated heterocycles. The van der Waals surface area contributed by atoms with Crippen LogP contribution in [-0.2, 0) is 12.1 Å². The van der Waals surface area contributed by atoms with E-state index in [2.05, 4.69) is 60.0 Å². The Morgan fingerprint density at radius 1 is 1.05 bits per heavy atom. The zero-order valence-corrected chi connectivity index (χ0v) is 11.9. The van der Waals surface area contributed by atoms with Gasteiger partial charge in [0.2, 0.25) is 0 Å². The Kier molecular flexibility index (Phi) is 3.28. The molecular formula is C17H19N3. The highest BCUT2D eigenvalue weighted by atomic mass is 15.2. The topological polar surface area (TPSA) is 36.4 Å². The quantitative estimate of drug-likeness (QED) is 0.894. The molecule has 0 saturated carbocycles. The molecule has 1 unspecified atom stereocenters. The number of hydrogen-bond acceptors (Lipinski definition) is 3. The van der Waals surface area contributed by atoms with E-state index >= 15 is 0 Å². The van der Waals surface area contributed by atoms with Crippen molar-refractivity contribution in [2.45, 2.75) is 19.0 Å². The van der Waals surface area contributed by atoms with Crippen molar-refractivity contribution in [3.05, 3.63) is 65.2 Å². The van der Waals surface area contributed by atoms with E-state index in [-0.39, 0.29) is 0 Å². The van der Waals surface area contributed by atoms with E-state index in [1.807, 2.05) is 13.1 Å². The molecule has 1 heterocycles. The van der Waals surface area contributed by atoms with Crippen molar-refractivity contribution < 1.29 is 0 Å². The fraction of sp³-hybridized carbons (Fsp3) is 0.235. The lowest BCUT2D eigenvalue weighted by Crippen LogP contribution is -2.43. The molecule has 1 aliphatic heterocycles. The number of nitrogens with one attached hydrogen (secondary N) is 2. The Bertz CT molecular complexity index is 648. The second kappa shape index (κ2) is 5.10. The molecule has 0 amide bonds. The lowest BCUT2D eigenvalue weighted by molar-refractivity contribution is 0.457. The number of hydrogen-bond donors (Lipinski definition) is 2. The minimum atomic E-state index is -0.506. The number of para-hydroxylation sites is 1. The van der Waals surface area contributed by atoms with Crippen molar-refractivity contribution >= 4 is 12.0 Å². The number of benzene rings is 2. The normalized spacial score (nSPS) is 20.3. The summed E-state index contributed by atoms with van der Waals surface area (Å²) in [6.45, 7) is 2.18. The molecule has 0 aliphatic carbocycles. The first-order chi connectivity index (χ1) is 9.81. The minimum Gasteiger partial charge on any atom is -0.346 e. The summed E-state index contributed by atoms with van der Waals surface area (Å²) in [6, 6.07) is 16.8. The van der Waals surface area contributed by atoms with Gasteiger partial charge in [0.25, 0.3) is 0 Å². The monoisotopic (exact) mass is 265 g/mol. The molecule has 102 valence electrons. The van der Waals surface area contributed by atoms with Gasteiger partial charge in [-0.05, 0) is 25.1 Å². The molecule has 0 bridgehead atoms. The molecule has 3 rings (SSSR count). The fourth-order valence-corrected chi connectivity index (χ4v) is 2.92. The van der Waals surface area contributed by atoms with Crippen molar-refractivity contribution in [1.29, 1.82) is 0 Å². The molecule has 0 radical (unpaired) electrons. The van der Waals surface area contributed by atoms with Gasteiger partial charge in [0.05, 0.1) is 6.34 Å². The molecule has 20 heavy (non-hydrogen) atoms. The van der Waals surface area contributed by atoms with Gasteiger partial charge in [0.15, 0.2) is 5.66 Å². The molecule has 1 aliphatic rings. The highest BCUT2D eigenvalue weighted by Crippen LogP contribution is 2.38. The average molecular weight is 265 g/mol. The molecule has 2 aromatic carbocycles. The molecule has 0 spiro atoms. The maximum absolute atomic E-state index is 4.75. The summed E-state index contributed by atoms with van der Waals surface area (Å²) in [5, 5.41) is 6.65. The van der Waals surface area contributed by atoms with Crippen LogP contribution in [0.3, 0.4) is 0 Å².